The van der Waals surface area contributed by atoms with Crippen LogP contribution in [0.3, 0.4) is 0 Å². The molecule has 21 heavy (non-hydrogen) atoms. The quantitative estimate of drug-likeness (QED) is 0.792. The first-order valence-corrected chi connectivity index (χ1v) is 7.86. The fourth-order valence-corrected chi connectivity index (χ4v) is 2.49. The van der Waals surface area contributed by atoms with E-state index in [1.807, 2.05) is 0 Å². The highest BCUT2D eigenvalue weighted by molar-refractivity contribution is 5.23. The van der Waals surface area contributed by atoms with Crippen molar-refractivity contribution >= 4 is 0 Å². The Morgan fingerprint density at radius 3 is 2.19 bits per heavy atom. The molecule has 0 aromatic heterocycles. The SMILES string of the molecule is CCNCc1cccc(CN(CC)Cc2ccccc2)c1. The summed E-state index contributed by atoms with van der Waals surface area (Å²) in [6, 6.07) is 19.6. The largest absolute Gasteiger partial charge is 0.313 e. The average Bonchev–Trinajstić information content (AvgIpc) is 2.53. The molecule has 0 amide bonds. The van der Waals surface area contributed by atoms with Gasteiger partial charge in [-0.05, 0) is 29.8 Å². The van der Waals surface area contributed by atoms with Gasteiger partial charge < -0.3 is 5.32 Å². The number of hydrogen-bond donors (Lipinski definition) is 1. The van der Waals surface area contributed by atoms with E-state index in [2.05, 4.69) is 78.7 Å². The molecule has 0 aliphatic heterocycles. The van der Waals surface area contributed by atoms with E-state index in [1.54, 1.807) is 0 Å². The summed E-state index contributed by atoms with van der Waals surface area (Å²) in [5.74, 6) is 0. The number of rotatable bonds is 8. The van der Waals surface area contributed by atoms with Gasteiger partial charge >= 0.3 is 0 Å². The van der Waals surface area contributed by atoms with Crippen molar-refractivity contribution in [1.29, 1.82) is 0 Å². The Labute approximate surface area is 128 Å². The normalized spacial score (nSPS) is 11.0. The fourth-order valence-electron chi connectivity index (χ4n) is 2.49. The maximum absolute atomic E-state index is 3.39. The van der Waals surface area contributed by atoms with E-state index in [0.717, 1.165) is 32.7 Å². The number of hydrogen-bond acceptors (Lipinski definition) is 2. The van der Waals surface area contributed by atoms with Gasteiger partial charge in [-0.2, -0.15) is 0 Å². The molecule has 112 valence electrons. The Balaban J connectivity index is 1.98. The molecule has 0 bridgehead atoms. The van der Waals surface area contributed by atoms with Crippen LogP contribution in [0, 0.1) is 0 Å². The Bertz CT molecular complexity index is 522. The highest BCUT2D eigenvalue weighted by Crippen LogP contribution is 2.11. The third-order valence-corrected chi connectivity index (χ3v) is 3.67. The summed E-state index contributed by atoms with van der Waals surface area (Å²) >= 11 is 0. The van der Waals surface area contributed by atoms with Crippen molar-refractivity contribution < 1.29 is 0 Å². The van der Waals surface area contributed by atoms with Crippen LogP contribution in [0.1, 0.15) is 30.5 Å². The molecule has 2 aromatic rings. The second-order valence-electron chi connectivity index (χ2n) is 5.39. The molecule has 0 aliphatic carbocycles. The predicted octanol–water partition coefficient (Wildman–Crippen LogP) is 3.82. The zero-order valence-corrected chi connectivity index (χ0v) is 13.2. The monoisotopic (exact) mass is 282 g/mol. The lowest BCUT2D eigenvalue weighted by Crippen LogP contribution is -2.22. The van der Waals surface area contributed by atoms with Crippen LogP contribution in [0.25, 0.3) is 0 Å². The molecular weight excluding hydrogens is 256 g/mol. The minimum Gasteiger partial charge on any atom is -0.313 e. The smallest absolute Gasteiger partial charge is 0.0237 e. The highest BCUT2D eigenvalue weighted by atomic mass is 15.1. The van der Waals surface area contributed by atoms with Gasteiger partial charge in [0.15, 0.2) is 0 Å². The lowest BCUT2D eigenvalue weighted by Gasteiger charge is -2.21. The topological polar surface area (TPSA) is 15.3 Å². The van der Waals surface area contributed by atoms with Crippen molar-refractivity contribution in [2.24, 2.45) is 0 Å². The fraction of sp³-hybridized carbons (Fsp3) is 0.368. The summed E-state index contributed by atoms with van der Waals surface area (Å²) in [6.45, 7) is 9.41. The zero-order chi connectivity index (χ0) is 14.9. The molecule has 0 saturated carbocycles. The molecule has 2 rings (SSSR count). The Hall–Kier alpha value is -1.64. The Morgan fingerprint density at radius 1 is 0.810 bits per heavy atom. The highest BCUT2D eigenvalue weighted by Gasteiger charge is 2.05. The van der Waals surface area contributed by atoms with Crippen molar-refractivity contribution in [3.05, 3.63) is 71.3 Å². The van der Waals surface area contributed by atoms with E-state index in [0.29, 0.717) is 0 Å². The summed E-state index contributed by atoms with van der Waals surface area (Å²) in [7, 11) is 0. The van der Waals surface area contributed by atoms with Crippen LogP contribution < -0.4 is 5.32 Å². The third kappa shape index (κ3) is 5.33. The van der Waals surface area contributed by atoms with Crippen LogP contribution in [-0.2, 0) is 19.6 Å². The predicted molar refractivity (Wildman–Crippen MR) is 90.1 cm³/mol. The van der Waals surface area contributed by atoms with Gasteiger partial charge in [-0.1, -0.05) is 68.4 Å². The Morgan fingerprint density at radius 2 is 1.48 bits per heavy atom. The van der Waals surface area contributed by atoms with Crippen molar-refractivity contribution in [1.82, 2.24) is 10.2 Å². The van der Waals surface area contributed by atoms with Gasteiger partial charge in [0.25, 0.3) is 0 Å². The van der Waals surface area contributed by atoms with E-state index in [4.69, 9.17) is 0 Å². The third-order valence-electron chi connectivity index (χ3n) is 3.67. The van der Waals surface area contributed by atoms with Crippen molar-refractivity contribution in [3.8, 4) is 0 Å². The molecular formula is C19H26N2. The first-order chi connectivity index (χ1) is 10.3. The van der Waals surface area contributed by atoms with Gasteiger partial charge in [0.2, 0.25) is 0 Å². The minimum atomic E-state index is 0.954. The maximum atomic E-state index is 3.39. The molecule has 1 N–H and O–H groups in total. The van der Waals surface area contributed by atoms with Gasteiger partial charge in [-0.25, -0.2) is 0 Å². The molecule has 2 heteroatoms. The first-order valence-electron chi connectivity index (χ1n) is 7.86. The van der Waals surface area contributed by atoms with Crippen LogP contribution in [0.15, 0.2) is 54.6 Å². The van der Waals surface area contributed by atoms with Crippen molar-refractivity contribution in [3.63, 3.8) is 0 Å². The second-order valence-corrected chi connectivity index (χ2v) is 5.39. The molecule has 0 saturated heterocycles. The molecule has 2 nitrogen and oxygen atoms in total. The lowest BCUT2D eigenvalue weighted by molar-refractivity contribution is 0.271. The van der Waals surface area contributed by atoms with Gasteiger partial charge in [-0.3, -0.25) is 4.90 Å². The van der Waals surface area contributed by atoms with Gasteiger partial charge in [0.1, 0.15) is 0 Å². The van der Waals surface area contributed by atoms with Crippen LogP contribution in [0.4, 0.5) is 0 Å². The molecule has 0 aliphatic rings. The van der Waals surface area contributed by atoms with Gasteiger partial charge in [0.05, 0.1) is 0 Å². The summed E-state index contributed by atoms with van der Waals surface area (Å²) in [6.07, 6.45) is 0. The molecule has 2 aromatic carbocycles. The van der Waals surface area contributed by atoms with Crippen LogP contribution in [-0.4, -0.2) is 18.0 Å². The number of nitrogens with one attached hydrogen (secondary N) is 1. The lowest BCUT2D eigenvalue weighted by atomic mass is 10.1. The second kappa shape index (κ2) is 8.60. The van der Waals surface area contributed by atoms with E-state index >= 15 is 0 Å². The van der Waals surface area contributed by atoms with Crippen molar-refractivity contribution in [2.75, 3.05) is 13.1 Å². The van der Waals surface area contributed by atoms with E-state index in [1.165, 1.54) is 16.7 Å². The average molecular weight is 282 g/mol. The molecule has 0 atom stereocenters. The van der Waals surface area contributed by atoms with Crippen LogP contribution in [0.5, 0.6) is 0 Å². The Kier molecular flexibility index (Phi) is 6.45. The number of nitrogens with zero attached hydrogens (tertiary/aromatic N) is 1. The molecule has 0 unspecified atom stereocenters. The standard InChI is InChI=1S/C19H26N2/c1-3-20-14-18-11-8-12-19(13-18)16-21(4-2)15-17-9-6-5-7-10-17/h5-13,20H,3-4,14-16H2,1-2H3. The summed E-state index contributed by atoms with van der Waals surface area (Å²) in [5, 5.41) is 3.39. The summed E-state index contributed by atoms with van der Waals surface area (Å²) < 4.78 is 0. The zero-order valence-electron chi connectivity index (χ0n) is 13.2. The van der Waals surface area contributed by atoms with Crippen molar-refractivity contribution in [2.45, 2.75) is 33.5 Å². The van der Waals surface area contributed by atoms with Crippen LogP contribution >= 0.6 is 0 Å². The maximum Gasteiger partial charge on any atom is 0.0237 e. The molecule has 0 fully saturated rings. The summed E-state index contributed by atoms with van der Waals surface area (Å²) in [5.41, 5.74) is 4.14. The van der Waals surface area contributed by atoms with Gasteiger partial charge in [-0.15, -0.1) is 0 Å². The van der Waals surface area contributed by atoms with E-state index in [-0.39, 0.29) is 0 Å². The molecule has 0 radical (unpaired) electrons. The number of benzene rings is 2. The first kappa shape index (κ1) is 15.7. The van der Waals surface area contributed by atoms with E-state index in [9.17, 15) is 0 Å². The molecule has 0 spiro atoms. The summed E-state index contributed by atoms with van der Waals surface area (Å²) in [4.78, 5) is 2.47. The van der Waals surface area contributed by atoms with Crippen LogP contribution in [0.2, 0.25) is 0 Å². The van der Waals surface area contributed by atoms with E-state index < -0.39 is 0 Å². The molecule has 0 heterocycles. The van der Waals surface area contributed by atoms with Gasteiger partial charge in [0, 0.05) is 19.6 Å². The minimum absolute atomic E-state index is 0.954.